The van der Waals surface area contributed by atoms with Gasteiger partial charge in [-0.05, 0) is 45.1 Å². The molecule has 0 saturated heterocycles. The molecule has 0 aliphatic carbocycles. The molecule has 0 atom stereocenters. The Hall–Kier alpha value is -2.73. The van der Waals surface area contributed by atoms with Crippen LogP contribution in [0.4, 0.5) is 11.5 Å². The van der Waals surface area contributed by atoms with E-state index in [0.717, 1.165) is 4.47 Å². The van der Waals surface area contributed by atoms with Gasteiger partial charge in [0.1, 0.15) is 10.2 Å². The van der Waals surface area contributed by atoms with Crippen molar-refractivity contribution in [2.24, 2.45) is 0 Å². The number of anilines is 1. The van der Waals surface area contributed by atoms with E-state index < -0.39 is 16.6 Å². The SMILES string of the molecule is O=C(Nc1cnn(COc2ccc(Br)cc2)c1)c1n[nH]c([N+](=O)[O-])c1Br. The van der Waals surface area contributed by atoms with Gasteiger partial charge in [0.05, 0.1) is 18.1 Å². The first-order valence-corrected chi connectivity index (χ1v) is 8.63. The molecule has 26 heavy (non-hydrogen) atoms. The molecule has 1 aromatic carbocycles. The Kier molecular flexibility index (Phi) is 5.32. The minimum Gasteiger partial charge on any atom is -0.471 e. The van der Waals surface area contributed by atoms with Crippen molar-refractivity contribution in [1.29, 1.82) is 0 Å². The van der Waals surface area contributed by atoms with Crippen LogP contribution in [0.5, 0.6) is 5.75 Å². The number of H-pyrrole nitrogens is 1. The zero-order valence-electron chi connectivity index (χ0n) is 12.8. The van der Waals surface area contributed by atoms with E-state index in [1.165, 1.54) is 10.9 Å². The predicted octanol–water partition coefficient (Wildman–Crippen LogP) is 3.33. The third-order valence-corrected chi connectivity index (χ3v) is 4.44. The molecule has 3 rings (SSSR count). The molecule has 0 bridgehead atoms. The van der Waals surface area contributed by atoms with E-state index in [2.05, 4.69) is 52.5 Å². The quantitative estimate of drug-likeness (QED) is 0.407. The Morgan fingerprint density at radius 3 is 2.73 bits per heavy atom. The maximum atomic E-state index is 12.2. The molecule has 0 aliphatic rings. The van der Waals surface area contributed by atoms with Crippen molar-refractivity contribution >= 4 is 49.3 Å². The largest absolute Gasteiger partial charge is 0.471 e. The van der Waals surface area contributed by atoms with Gasteiger partial charge < -0.3 is 20.2 Å². The van der Waals surface area contributed by atoms with Crippen LogP contribution in [-0.2, 0) is 6.73 Å². The molecule has 0 fully saturated rings. The van der Waals surface area contributed by atoms with Crippen LogP contribution in [0.25, 0.3) is 0 Å². The van der Waals surface area contributed by atoms with Crippen LogP contribution in [0, 0.1) is 10.1 Å². The smallest absolute Gasteiger partial charge is 0.357 e. The molecular formula is C14H10Br2N6O4. The highest BCUT2D eigenvalue weighted by Crippen LogP contribution is 2.26. The highest BCUT2D eigenvalue weighted by Gasteiger charge is 2.24. The van der Waals surface area contributed by atoms with Gasteiger partial charge in [0.15, 0.2) is 12.4 Å². The van der Waals surface area contributed by atoms with Crippen molar-refractivity contribution in [2.75, 3.05) is 5.32 Å². The molecule has 0 unspecified atom stereocenters. The minimum atomic E-state index is -0.675. The van der Waals surface area contributed by atoms with E-state index >= 15 is 0 Å². The lowest BCUT2D eigenvalue weighted by atomic mass is 10.3. The molecule has 134 valence electrons. The Bertz CT molecular complexity index is 953. The minimum absolute atomic E-state index is 0.0223. The summed E-state index contributed by atoms with van der Waals surface area (Å²) < 4.78 is 7.97. The van der Waals surface area contributed by atoms with Gasteiger partial charge >= 0.3 is 5.82 Å². The van der Waals surface area contributed by atoms with Crippen LogP contribution in [0.15, 0.2) is 45.6 Å². The van der Waals surface area contributed by atoms with Gasteiger partial charge in [0.2, 0.25) is 0 Å². The zero-order valence-corrected chi connectivity index (χ0v) is 16.0. The summed E-state index contributed by atoms with van der Waals surface area (Å²) in [7, 11) is 0. The van der Waals surface area contributed by atoms with Gasteiger partial charge in [-0.25, -0.2) is 4.68 Å². The third-order valence-electron chi connectivity index (χ3n) is 3.16. The fourth-order valence-corrected chi connectivity index (χ4v) is 2.72. The standard InChI is InChI=1S/C14H10Br2N6O4/c15-8-1-3-10(4-2-8)26-7-21-6-9(5-17-21)18-14(23)12-11(16)13(20-19-12)22(24)25/h1-6H,7H2,(H,18,23)(H,19,20). The van der Waals surface area contributed by atoms with E-state index in [-0.39, 0.29) is 16.9 Å². The summed E-state index contributed by atoms with van der Waals surface area (Å²) in [6, 6.07) is 7.31. The number of aromatic nitrogens is 4. The Morgan fingerprint density at radius 1 is 1.35 bits per heavy atom. The zero-order chi connectivity index (χ0) is 18.7. The number of hydrogen-bond acceptors (Lipinski definition) is 6. The number of aromatic amines is 1. The van der Waals surface area contributed by atoms with Crippen LogP contribution in [0.3, 0.4) is 0 Å². The highest BCUT2D eigenvalue weighted by molar-refractivity contribution is 9.11. The van der Waals surface area contributed by atoms with Crippen molar-refractivity contribution < 1.29 is 14.5 Å². The van der Waals surface area contributed by atoms with E-state index in [0.29, 0.717) is 11.4 Å². The lowest BCUT2D eigenvalue weighted by Crippen LogP contribution is -2.12. The number of nitrogens with zero attached hydrogens (tertiary/aromatic N) is 4. The Labute approximate surface area is 162 Å². The fraction of sp³-hybridized carbons (Fsp3) is 0.0714. The maximum absolute atomic E-state index is 12.2. The molecule has 0 aliphatic heterocycles. The van der Waals surface area contributed by atoms with Gasteiger partial charge in [0, 0.05) is 4.47 Å². The second-order valence-corrected chi connectivity index (χ2v) is 6.65. The number of rotatable bonds is 6. The molecule has 3 aromatic rings. The summed E-state index contributed by atoms with van der Waals surface area (Å²) in [4.78, 5) is 22.3. The van der Waals surface area contributed by atoms with E-state index in [9.17, 15) is 14.9 Å². The number of nitro groups is 1. The number of nitrogens with one attached hydrogen (secondary N) is 2. The van der Waals surface area contributed by atoms with Gasteiger partial charge in [-0.15, -0.1) is 5.10 Å². The van der Waals surface area contributed by atoms with Gasteiger partial charge in [-0.3, -0.25) is 4.79 Å². The number of ether oxygens (including phenoxy) is 1. The predicted molar refractivity (Wildman–Crippen MR) is 97.9 cm³/mol. The average molecular weight is 486 g/mol. The number of carbonyl (C=O) groups is 1. The lowest BCUT2D eigenvalue weighted by Gasteiger charge is -2.05. The first-order valence-electron chi connectivity index (χ1n) is 7.04. The Morgan fingerprint density at radius 2 is 2.08 bits per heavy atom. The molecule has 12 heteroatoms. The molecule has 2 heterocycles. The van der Waals surface area contributed by atoms with E-state index in [1.807, 2.05) is 12.1 Å². The van der Waals surface area contributed by atoms with Gasteiger partial charge in [-0.1, -0.05) is 21.0 Å². The molecule has 0 spiro atoms. The van der Waals surface area contributed by atoms with Crippen LogP contribution in [0.2, 0.25) is 0 Å². The number of halogens is 2. The first kappa shape index (κ1) is 18.1. The number of amides is 1. The van der Waals surface area contributed by atoms with Crippen molar-refractivity contribution in [3.05, 3.63) is 61.4 Å². The van der Waals surface area contributed by atoms with Crippen molar-refractivity contribution in [1.82, 2.24) is 20.0 Å². The monoisotopic (exact) mass is 484 g/mol. The summed E-state index contributed by atoms with van der Waals surface area (Å²) in [6.45, 7) is 0.148. The summed E-state index contributed by atoms with van der Waals surface area (Å²) in [5.41, 5.74) is 0.266. The van der Waals surface area contributed by atoms with Gasteiger partial charge in [0.25, 0.3) is 5.91 Å². The number of carbonyl (C=O) groups excluding carboxylic acids is 1. The summed E-state index contributed by atoms with van der Waals surface area (Å²) in [6.07, 6.45) is 2.99. The number of hydrogen-bond donors (Lipinski definition) is 2. The molecule has 2 aromatic heterocycles. The average Bonchev–Trinajstić information content (AvgIpc) is 3.20. The van der Waals surface area contributed by atoms with Gasteiger partial charge in [-0.2, -0.15) is 5.10 Å². The second-order valence-electron chi connectivity index (χ2n) is 4.94. The van der Waals surface area contributed by atoms with Crippen LogP contribution in [0.1, 0.15) is 10.5 Å². The molecule has 2 N–H and O–H groups in total. The maximum Gasteiger partial charge on any atom is 0.357 e. The summed E-state index contributed by atoms with van der Waals surface area (Å²) in [5, 5.41) is 23.2. The van der Waals surface area contributed by atoms with Crippen molar-refractivity contribution in [3.8, 4) is 5.75 Å². The molecule has 1 amide bonds. The molecule has 0 radical (unpaired) electrons. The normalized spacial score (nSPS) is 10.5. The molecule has 10 nitrogen and oxygen atoms in total. The first-order chi connectivity index (χ1) is 12.4. The third kappa shape index (κ3) is 4.08. The van der Waals surface area contributed by atoms with E-state index in [4.69, 9.17) is 4.74 Å². The van der Waals surface area contributed by atoms with Crippen molar-refractivity contribution in [3.63, 3.8) is 0 Å². The second kappa shape index (κ2) is 7.66. The van der Waals surface area contributed by atoms with Crippen LogP contribution in [-0.4, -0.2) is 30.8 Å². The lowest BCUT2D eigenvalue weighted by molar-refractivity contribution is -0.390. The topological polar surface area (TPSA) is 128 Å². The van der Waals surface area contributed by atoms with Crippen LogP contribution < -0.4 is 10.1 Å². The Balaban J connectivity index is 1.62. The van der Waals surface area contributed by atoms with Crippen LogP contribution >= 0.6 is 31.9 Å². The highest BCUT2D eigenvalue weighted by atomic mass is 79.9. The molecular weight excluding hydrogens is 476 g/mol. The van der Waals surface area contributed by atoms with E-state index in [1.54, 1.807) is 18.3 Å². The summed E-state index contributed by atoms with van der Waals surface area (Å²) in [5.74, 6) is -0.342. The molecule has 0 saturated carbocycles. The fourth-order valence-electron chi connectivity index (χ4n) is 1.95. The summed E-state index contributed by atoms with van der Waals surface area (Å²) >= 11 is 6.33. The number of benzene rings is 1. The van der Waals surface area contributed by atoms with Crippen molar-refractivity contribution in [2.45, 2.75) is 6.73 Å².